The Labute approximate surface area is 197 Å². The maximum absolute atomic E-state index is 13.5. The minimum absolute atomic E-state index is 0.0000641. The lowest BCUT2D eigenvalue weighted by Gasteiger charge is -2.49. The van der Waals surface area contributed by atoms with Crippen molar-refractivity contribution in [3.8, 4) is 0 Å². The molecule has 1 N–H and O–H groups in total. The molecular formula is C26H26N2O6. The van der Waals surface area contributed by atoms with E-state index in [2.05, 4.69) is 5.32 Å². The monoisotopic (exact) mass is 462 g/mol. The maximum atomic E-state index is 13.5. The topological polar surface area (TPSA) is 102 Å². The molecule has 34 heavy (non-hydrogen) atoms. The molecule has 1 amide bonds. The fourth-order valence-electron chi connectivity index (χ4n) is 4.20. The molecule has 8 nitrogen and oxygen atoms in total. The first-order valence-electron chi connectivity index (χ1n) is 11.0. The third-order valence-corrected chi connectivity index (χ3v) is 5.92. The Balaban J connectivity index is 1.60. The number of ether oxygens (including phenoxy) is 2. The second-order valence-electron chi connectivity index (χ2n) is 8.60. The van der Waals surface area contributed by atoms with Crippen LogP contribution in [0.3, 0.4) is 0 Å². The number of carbonyl (C=O) groups is 4. The van der Waals surface area contributed by atoms with Crippen molar-refractivity contribution in [3.63, 3.8) is 0 Å². The van der Waals surface area contributed by atoms with Crippen LogP contribution in [0.5, 0.6) is 0 Å². The average molecular weight is 463 g/mol. The van der Waals surface area contributed by atoms with E-state index in [0.717, 1.165) is 16.0 Å². The van der Waals surface area contributed by atoms with Crippen molar-refractivity contribution in [1.82, 2.24) is 10.2 Å². The van der Waals surface area contributed by atoms with Gasteiger partial charge in [-0.15, -0.1) is 0 Å². The SMILES string of the molecule is CC(=O)C1NC2(C(=O)Cc3ccccc3)C(=O)N(C(C(=O)OCc3ccccc3)=C(C)C)C2O1. The number of carbonyl (C=O) groups excluding carboxylic acids is 4. The van der Waals surface area contributed by atoms with E-state index in [1.165, 1.54) is 6.92 Å². The lowest BCUT2D eigenvalue weighted by Crippen LogP contribution is -2.79. The average Bonchev–Trinajstić information content (AvgIpc) is 3.19. The first-order chi connectivity index (χ1) is 16.3. The molecular weight excluding hydrogens is 436 g/mol. The van der Waals surface area contributed by atoms with Crippen molar-refractivity contribution < 1.29 is 28.7 Å². The van der Waals surface area contributed by atoms with Gasteiger partial charge in [0.1, 0.15) is 12.3 Å². The zero-order valence-electron chi connectivity index (χ0n) is 19.2. The molecule has 3 unspecified atom stereocenters. The van der Waals surface area contributed by atoms with Gasteiger partial charge in [-0.05, 0) is 37.5 Å². The molecule has 2 fully saturated rings. The summed E-state index contributed by atoms with van der Waals surface area (Å²) in [4.78, 5) is 53.1. The number of β-lactam (4-membered cyclic amide) rings is 1. The number of nitrogens with one attached hydrogen (secondary N) is 1. The molecule has 2 aliphatic heterocycles. The number of Topliss-reactive ketones (excluding diaryl/α,β-unsaturated/α-hetero) is 2. The Kier molecular flexibility index (Phi) is 6.45. The van der Waals surface area contributed by atoms with E-state index in [4.69, 9.17) is 9.47 Å². The highest BCUT2D eigenvalue weighted by Crippen LogP contribution is 2.43. The van der Waals surface area contributed by atoms with Gasteiger partial charge in [-0.2, -0.15) is 0 Å². The molecule has 2 saturated heterocycles. The number of ketones is 2. The summed E-state index contributed by atoms with van der Waals surface area (Å²) in [7, 11) is 0. The lowest BCUT2D eigenvalue weighted by atomic mass is 9.79. The molecule has 8 heteroatoms. The molecule has 176 valence electrons. The largest absolute Gasteiger partial charge is 0.456 e. The second-order valence-corrected chi connectivity index (χ2v) is 8.60. The van der Waals surface area contributed by atoms with Gasteiger partial charge >= 0.3 is 5.97 Å². The van der Waals surface area contributed by atoms with Crippen molar-refractivity contribution in [2.45, 2.75) is 51.8 Å². The molecule has 0 radical (unpaired) electrons. The Morgan fingerprint density at radius 1 is 0.971 bits per heavy atom. The van der Waals surface area contributed by atoms with Crippen molar-refractivity contribution in [2.75, 3.05) is 0 Å². The number of nitrogens with zero attached hydrogens (tertiary/aromatic N) is 1. The maximum Gasteiger partial charge on any atom is 0.355 e. The van der Waals surface area contributed by atoms with Crippen LogP contribution in [-0.4, -0.2) is 46.3 Å². The quantitative estimate of drug-likeness (QED) is 0.278. The molecule has 2 heterocycles. The zero-order chi connectivity index (χ0) is 24.5. The predicted molar refractivity (Wildman–Crippen MR) is 122 cm³/mol. The van der Waals surface area contributed by atoms with Crippen LogP contribution >= 0.6 is 0 Å². The van der Waals surface area contributed by atoms with Crippen LogP contribution in [0, 0.1) is 0 Å². The van der Waals surface area contributed by atoms with Crippen LogP contribution in [0.4, 0.5) is 0 Å². The Morgan fingerprint density at radius 3 is 2.12 bits per heavy atom. The van der Waals surface area contributed by atoms with Crippen LogP contribution in [0.2, 0.25) is 0 Å². The van der Waals surface area contributed by atoms with E-state index < -0.39 is 35.7 Å². The van der Waals surface area contributed by atoms with E-state index >= 15 is 0 Å². The smallest absolute Gasteiger partial charge is 0.355 e. The highest BCUT2D eigenvalue weighted by Gasteiger charge is 2.72. The van der Waals surface area contributed by atoms with Crippen LogP contribution in [0.25, 0.3) is 0 Å². The minimum atomic E-state index is -1.74. The normalized spacial score (nSPS) is 23.0. The molecule has 2 aromatic carbocycles. The first-order valence-corrected chi connectivity index (χ1v) is 11.0. The van der Waals surface area contributed by atoms with Crippen LogP contribution < -0.4 is 5.32 Å². The summed E-state index contributed by atoms with van der Waals surface area (Å²) in [5.74, 6) is -2.16. The third kappa shape index (κ3) is 4.06. The minimum Gasteiger partial charge on any atom is -0.456 e. The molecule has 0 spiro atoms. The van der Waals surface area contributed by atoms with Gasteiger partial charge < -0.3 is 9.47 Å². The fraction of sp³-hybridized carbons (Fsp3) is 0.308. The summed E-state index contributed by atoms with van der Waals surface area (Å²) in [5.41, 5.74) is 0.295. The molecule has 0 saturated carbocycles. The van der Waals surface area contributed by atoms with Crippen molar-refractivity contribution in [2.24, 2.45) is 0 Å². The standard InChI is InChI=1S/C26H26N2O6/c1-16(2)21(23(31)33-15-19-12-8-5-9-13-19)28-24(32)26(25(28)34-22(27-26)17(3)29)20(30)14-18-10-6-4-7-11-18/h4-13,22,25,27H,14-15H2,1-3H3. The number of esters is 1. The van der Waals surface area contributed by atoms with Crippen LogP contribution in [0.15, 0.2) is 71.9 Å². The van der Waals surface area contributed by atoms with Gasteiger partial charge in [0.05, 0.1) is 0 Å². The fourth-order valence-corrected chi connectivity index (χ4v) is 4.20. The van der Waals surface area contributed by atoms with Crippen molar-refractivity contribution >= 4 is 23.4 Å². The zero-order valence-corrected chi connectivity index (χ0v) is 19.2. The predicted octanol–water partition coefficient (Wildman–Crippen LogP) is 2.28. The summed E-state index contributed by atoms with van der Waals surface area (Å²) < 4.78 is 11.2. The summed E-state index contributed by atoms with van der Waals surface area (Å²) in [5, 5.41) is 2.81. The molecule has 0 bridgehead atoms. The van der Waals surface area contributed by atoms with E-state index in [1.807, 2.05) is 36.4 Å². The Morgan fingerprint density at radius 2 is 1.56 bits per heavy atom. The van der Waals surface area contributed by atoms with Gasteiger partial charge in [0.25, 0.3) is 5.91 Å². The van der Waals surface area contributed by atoms with Gasteiger partial charge in [-0.25, -0.2) is 4.79 Å². The number of hydrogen-bond donors (Lipinski definition) is 1. The molecule has 4 rings (SSSR count). The molecule has 2 aliphatic rings. The molecule has 2 aromatic rings. The van der Waals surface area contributed by atoms with E-state index in [0.29, 0.717) is 5.57 Å². The Hall–Kier alpha value is -3.62. The van der Waals surface area contributed by atoms with Gasteiger partial charge in [0.2, 0.25) is 5.54 Å². The van der Waals surface area contributed by atoms with Crippen LogP contribution in [0.1, 0.15) is 31.9 Å². The van der Waals surface area contributed by atoms with E-state index in [1.54, 1.807) is 38.1 Å². The van der Waals surface area contributed by atoms with E-state index in [-0.39, 0.29) is 24.5 Å². The highest BCUT2D eigenvalue weighted by molar-refractivity contribution is 6.19. The molecule has 3 atom stereocenters. The molecule has 0 aliphatic carbocycles. The van der Waals surface area contributed by atoms with Gasteiger partial charge in [-0.3, -0.25) is 24.6 Å². The number of rotatable bonds is 8. The summed E-state index contributed by atoms with van der Waals surface area (Å²) >= 11 is 0. The lowest BCUT2D eigenvalue weighted by molar-refractivity contribution is -0.184. The molecule has 0 aromatic heterocycles. The summed E-state index contributed by atoms with van der Waals surface area (Å²) in [6.45, 7) is 4.67. The summed E-state index contributed by atoms with van der Waals surface area (Å²) in [6, 6.07) is 18.1. The van der Waals surface area contributed by atoms with Crippen LogP contribution in [-0.2, 0) is 41.7 Å². The number of allylic oxidation sites excluding steroid dienone is 1. The Bertz CT molecular complexity index is 1160. The van der Waals surface area contributed by atoms with Gasteiger partial charge in [-0.1, -0.05) is 60.7 Å². The highest BCUT2D eigenvalue weighted by atomic mass is 16.6. The third-order valence-electron chi connectivity index (χ3n) is 5.92. The number of hydrogen-bond acceptors (Lipinski definition) is 7. The van der Waals surface area contributed by atoms with Crippen molar-refractivity contribution in [1.29, 1.82) is 0 Å². The van der Waals surface area contributed by atoms with E-state index in [9.17, 15) is 19.2 Å². The van der Waals surface area contributed by atoms with Gasteiger partial charge in [0, 0.05) is 6.42 Å². The second kappa shape index (κ2) is 9.32. The number of benzene rings is 2. The first kappa shape index (κ1) is 23.5. The van der Waals surface area contributed by atoms with Gasteiger partial charge in [0.15, 0.2) is 24.0 Å². The number of fused-ring (bicyclic) bond motifs is 1. The van der Waals surface area contributed by atoms with Crippen molar-refractivity contribution in [3.05, 3.63) is 83.1 Å². The summed E-state index contributed by atoms with van der Waals surface area (Å²) in [6.07, 6.45) is -2.31. The number of likely N-dealkylation sites (tertiary alicyclic amines) is 1. The number of amides is 1.